The lowest BCUT2D eigenvalue weighted by molar-refractivity contribution is -0.135. The Hall–Kier alpha value is -1.55. The Kier molecular flexibility index (Phi) is 3.48. The summed E-state index contributed by atoms with van der Waals surface area (Å²) in [6.45, 7) is 1.58. The normalized spacial score (nSPS) is 11.9. The Morgan fingerprint density at radius 3 is 2.21 bits per heavy atom. The van der Waals surface area contributed by atoms with Gasteiger partial charge in [0.2, 0.25) is 0 Å². The molecular weight excluding hydrogens is 182 g/mol. The molecular formula is C10H13NO3. The van der Waals surface area contributed by atoms with Gasteiger partial charge in [-0.2, -0.15) is 0 Å². The van der Waals surface area contributed by atoms with Gasteiger partial charge in [0.15, 0.2) is 0 Å². The van der Waals surface area contributed by atoms with E-state index in [9.17, 15) is 4.79 Å². The van der Waals surface area contributed by atoms with Gasteiger partial charge in [0.25, 0.3) is 0 Å². The van der Waals surface area contributed by atoms with Crippen molar-refractivity contribution in [3.63, 3.8) is 0 Å². The molecule has 0 aromatic heterocycles. The van der Waals surface area contributed by atoms with E-state index in [1.54, 1.807) is 38.3 Å². The highest BCUT2D eigenvalue weighted by Crippen LogP contribution is 2.17. The Morgan fingerprint density at radius 2 is 1.79 bits per heavy atom. The molecule has 4 heteroatoms. The van der Waals surface area contributed by atoms with Crippen LogP contribution in [0.3, 0.4) is 0 Å². The van der Waals surface area contributed by atoms with Crippen LogP contribution in [-0.2, 0) is 4.79 Å². The molecule has 0 aliphatic rings. The van der Waals surface area contributed by atoms with E-state index in [-0.39, 0.29) is 0 Å². The maximum atomic E-state index is 11.1. The monoisotopic (exact) mass is 195 g/mol. The number of hydrogen-bond donors (Lipinski definition) is 1. The van der Waals surface area contributed by atoms with Crippen molar-refractivity contribution in [2.75, 3.05) is 7.11 Å². The van der Waals surface area contributed by atoms with Crippen LogP contribution in [0.4, 0.5) is 0 Å². The maximum Gasteiger partial charge on any atom is 0.328 e. The third-order valence-electron chi connectivity index (χ3n) is 1.65. The van der Waals surface area contributed by atoms with Crippen molar-refractivity contribution in [2.24, 2.45) is 5.73 Å². The molecule has 1 atom stereocenters. The van der Waals surface area contributed by atoms with Crippen LogP contribution in [0.5, 0.6) is 11.5 Å². The number of benzene rings is 1. The lowest BCUT2D eigenvalue weighted by Gasteiger charge is -2.06. The molecule has 4 nitrogen and oxygen atoms in total. The van der Waals surface area contributed by atoms with Crippen molar-refractivity contribution in [3.05, 3.63) is 24.3 Å². The third kappa shape index (κ3) is 2.74. The van der Waals surface area contributed by atoms with Gasteiger partial charge in [-0.25, -0.2) is 4.79 Å². The fraction of sp³-hybridized carbons (Fsp3) is 0.300. The maximum absolute atomic E-state index is 11.1. The van der Waals surface area contributed by atoms with Gasteiger partial charge in [-0.05, 0) is 31.2 Å². The molecule has 0 aliphatic carbocycles. The van der Waals surface area contributed by atoms with Gasteiger partial charge in [-0.1, -0.05) is 0 Å². The molecule has 0 bridgehead atoms. The Labute approximate surface area is 82.6 Å². The summed E-state index contributed by atoms with van der Waals surface area (Å²) in [6, 6.07) is 6.11. The molecule has 76 valence electrons. The summed E-state index contributed by atoms with van der Waals surface area (Å²) < 4.78 is 9.91. The Balaban J connectivity index is 2.64. The molecule has 0 saturated heterocycles. The predicted molar refractivity (Wildman–Crippen MR) is 52.3 cm³/mol. The van der Waals surface area contributed by atoms with E-state index >= 15 is 0 Å². The summed E-state index contributed by atoms with van der Waals surface area (Å²) in [6.07, 6.45) is 0. The Bertz CT molecular complexity index is 306. The zero-order valence-corrected chi connectivity index (χ0v) is 8.19. The molecule has 0 saturated carbocycles. The fourth-order valence-electron chi connectivity index (χ4n) is 0.853. The van der Waals surface area contributed by atoms with Gasteiger partial charge in [-0.15, -0.1) is 0 Å². The molecule has 1 rings (SSSR count). The molecule has 0 heterocycles. The molecule has 0 unspecified atom stereocenters. The van der Waals surface area contributed by atoms with E-state index in [0.717, 1.165) is 0 Å². The van der Waals surface area contributed by atoms with E-state index in [4.69, 9.17) is 15.2 Å². The van der Waals surface area contributed by atoms with Crippen LogP contribution in [0.15, 0.2) is 24.3 Å². The molecule has 0 spiro atoms. The predicted octanol–water partition coefficient (Wildman–Crippen LogP) is 0.948. The van der Waals surface area contributed by atoms with E-state index in [1.807, 2.05) is 0 Å². The molecule has 2 N–H and O–H groups in total. The average molecular weight is 195 g/mol. The van der Waals surface area contributed by atoms with E-state index < -0.39 is 12.0 Å². The third-order valence-corrected chi connectivity index (χ3v) is 1.65. The lowest BCUT2D eigenvalue weighted by atomic mass is 10.3. The minimum absolute atomic E-state index is 0.449. The van der Waals surface area contributed by atoms with E-state index in [1.165, 1.54) is 0 Å². The fourth-order valence-corrected chi connectivity index (χ4v) is 0.853. The summed E-state index contributed by atoms with van der Waals surface area (Å²) >= 11 is 0. The van der Waals surface area contributed by atoms with Crippen LogP contribution in [0.25, 0.3) is 0 Å². The molecule has 14 heavy (non-hydrogen) atoms. The average Bonchev–Trinajstić information content (AvgIpc) is 2.19. The minimum Gasteiger partial charge on any atom is -0.497 e. The zero-order valence-electron chi connectivity index (χ0n) is 8.19. The van der Waals surface area contributed by atoms with Crippen molar-refractivity contribution >= 4 is 5.97 Å². The molecule has 0 fully saturated rings. The second kappa shape index (κ2) is 4.62. The number of ether oxygens (including phenoxy) is 2. The van der Waals surface area contributed by atoms with Crippen molar-refractivity contribution in [1.82, 2.24) is 0 Å². The number of hydrogen-bond acceptors (Lipinski definition) is 4. The van der Waals surface area contributed by atoms with Crippen molar-refractivity contribution in [3.8, 4) is 11.5 Å². The van der Waals surface area contributed by atoms with Crippen LogP contribution in [-0.4, -0.2) is 19.1 Å². The first-order valence-corrected chi connectivity index (χ1v) is 4.25. The van der Waals surface area contributed by atoms with Gasteiger partial charge in [-0.3, -0.25) is 0 Å². The highest BCUT2D eigenvalue weighted by Gasteiger charge is 2.09. The summed E-state index contributed by atoms with van der Waals surface area (Å²) in [4.78, 5) is 11.1. The van der Waals surface area contributed by atoms with Gasteiger partial charge in [0.1, 0.15) is 17.5 Å². The molecule has 1 aromatic rings. The number of nitrogens with two attached hydrogens (primary N) is 1. The second-order valence-corrected chi connectivity index (χ2v) is 2.89. The van der Waals surface area contributed by atoms with Gasteiger partial charge in [0, 0.05) is 0 Å². The van der Waals surface area contributed by atoms with Gasteiger partial charge < -0.3 is 15.2 Å². The first kappa shape index (κ1) is 10.5. The van der Waals surface area contributed by atoms with Gasteiger partial charge >= 0.3 is 5.97 Å². The number of carbonyl (C=O) groups is 1. The topological polar surface area (TPSA) is 61.5 Å². The first-order valence-electron chi connectivity index (χ1n) is 4.25. The standard InChI is InChI=1S/C10H13NO3/c1-7(11)10(12)14-9-5-3-8(13-2)4-6-9/h3-7H,11H2,1-2H3/t7-/m0/s1. The molecule has 1 aromatic carbocycles. The van der Waals surface area contributed by atoms with Crippen molar-refractivity contribution < 1.29 is 14.3 Å². The number of esters is 1. The molecule has 0 radical (unpaired) electrons. The summed E-state index contributed by atoms with van der Waals surface area (Å²) in [5.41, 5.74) is 5.34. The quantitative estimate of drug-likeness (QED) is 0.576. The lowest BCUT2D eigenvalue weighted by Crippen LogP contribution is -2.30. The first-order chi connectivity index (χ1) is 6.63. The van der Waals surface area contributed by atoms with Crippen molar-refractivity contribution in [1.29, 1.82) is 0 Å². The van der Waals surface area contributed by atoms with Gasteiger partial charge in [0.05, 0.1) is 7.11 Å². The molecule has 0 amide bonds. The summed E-state index contributed by atoms with van der Waals surface area (Å²) in [5.74, 6) is 0.730. The summed E-state index contributed by atoms with van der Waals surface area (Å²) in [5, 5.41) is 0. The molecule has 0 aliphatic heterocycles. The van der Waals surface area contributed by atoms with Crippen molar-refractivity contribution in [2.45, 2.75) is 13.0 Å². The van der Waals surface area contributed by atoms with Crippen LogP contribution >= 0.6 is 0 Å². The Morgan fingerprint density at radius 1 is 1.29 bits per heavy atom. The van der Waals surface area contributed by atoms with E-state index in [2.05, 4.69) is 0 Å². The highest BCUT2D eigenvalue weighted by atomic mass is 16.5. The SMILES string of the molecule is COc1ccc(OC(=O)[C@H](C)N)cc1. The number of methoxy groups -OCH3 is 1. The van der Waals surface area contributed by atoms with Crippen LogP contribution in [0.1, 0.15) is 6.92 Å². The minimum atomic E-state index is -0.614. The van der Waals surface area contributed by atoms with Crippen LogP contribution in [0.2, 0.25) is 0 Å². The smallest absolute Gasteiger partial charge is 0.328 e. The van der Waals surface area contributed by atoms with Crippen LogP contribution < -0.4 is 15.2 Å². The highest BCUT2D eigenvalue weighted by molar-refractivity contribution is 5.77. The summed E-state index contributed by atoms with van der Waals surface area (Å²) in [7, 11) is 1.57. The largest absolute Gasteiger partial charge is 0.497 e. The zero-order chi connectivity index (χ0) is 10.6. The number of rotatable bonds is 3. The second-order valence-electron chi connectivity index (χ2n) is 2.89. The number of carbonyl (C=O) groups excluding carboxylic acids is 1. The van der Waals surface area contributed by atoms with Crippen LogP contribution in [0, 0.1) is 0 Å². The van der Waals surface area contributed by atoms with E-state index in [0.29, 0.717) is 11.5 Å².